The molecular formula is C13H16N2O3. The molecule has 5 nitrogen and oxygen atoms in total. The summed E-state index contributed by atoms with van der Waals surface area (Å²) in [6, 6.07) is 6.33. The van der Waals surface area contributed by atoms with Crippen molar-refractivity contribution < 1.29 is 14.4 Å². The van der Waals surface area contributed by atoms with Crippen molar-refractivity contribution in [3.63, 3.8) is 0 Å². The van der Waals surface area contributed by atoms with Crippen LogP contribution in [0.1, 0.15) is 31.1 Å². The lowest BCUT2D eigenvalue weighted by atomic mass is 10.1. The Morgan fingerprint density at radius 3 is 2.33 bits per heavy atom. The number of amides is 2. The van der Waals surface area contributed by atoms with Crippen molar-refractivity contribution in [3.8, 4) is 0 Å². The van der Waals surface area contributed by atoms with E-state index in [9.17, 15) is 14.4 Å². The van der Waals surface area contributed by atoms with Crippen LogP contribution in [0.15, 0.2) is 24.3 Å². The molecule has 2 N–H and O–H groups in total. The normalized spacial score (nSPS) is 10.0. The van der Waals surface area contributed by atoms with Crippen LogP contribution in [-0.4, -0.2) is 23.6 Å². The van der Waals surface area contributed by atoms with Crippen LogP contribution in [0.25, 0.3) is 0 Å². The maximum atomic E-state index is 11.5. The van der Waals surface area contributed by atoms with Crippen molar-refractivity contribution >= 4 is 23.3 Å². The average molecular weight is 248 g/mol. The van der Waals surface area contributed by atoms with Gasteiger partial charge >= 0.3 is 11.8 Å². The Morgan fingerprint density at radius 2 is 1.78 bits per heavy atom. The topological polar surface area (TPSA) is 75.3 Å². The summed E-state index contributed by atoms with van der Waals surface area (Å²) in [4.78, 5) is 34.1. The van der Waals surface area contributed by atoms with E-state index in [1.807, 2.05) is 0 Å². The summed E-state index contributed by atoms with van der Waals surface area (Å²) in [6.45, 7) is 4.97. The Morgan fingerprint density at radius 1 is 1.11 bits per heavy atom. The Labute approximate surface area is 106 Å². The third-order valence-corrected chi connectivity index (χ3v) is 2.15. The van der Waals surface area contributed by atoms with Crippen LogP contribution in [-0.2, 0) is 9.59 Å². The van der Waals surface area contributed by atoms with Crippen molar-refractivity contribution in [2.45, 2.75) is 26.8 Å². The lowest BCUT2D eigenvalue weighted by Gasteiger charge is -2.09. The van der Waals surface area contributed by atoms with Gasteiger partial charge in [-0.15, -0.1) is 0 Å². The van der Waals surface area contributed by atoms with Gasteiger partial charge in [0.05, 0.1) is 0 Å². The number of carbonyl (C=O) groups excluding carboxylic acids is 3. The highest BCUT2D eigenvalue weighted by Crippen LogP contribution is 2.10. The zero-order chi connectivity index (χ0) is 13.7. The van der Waals surface area contributed by atoms with E-state index in [4.69, 9.17) is 0 Å². The van der Waals surface area contributed by atoms with Gasteiger partial charge in [0.2, 0.25) is 0 Å². The highest BCUT2D eigenvalue weighted by Gasteiger charge is 2.14. The molecule has 1 rings (SSSR count). The van der Waals surface area contributed by atoms with E-state index in [1.165, 1.54) is 13.0 Å². The lowest BCUT2D eigenvalue weighted by Crippen LogP contribution is -2.39. The first-order valence-corrected chi connectivity index (χ1v) is 5.63. The number of anilines is 1. The van der Waals surface area contributed by atoms with Gasteiger partial charge in [-0.3, -0.25) is 14.4 Å². The predicted octanol–water partition coefficient (Wildman–Crippen LogP) is 1.35. The molecule has 0 fully saturated rings. The molecule has 0 aliphatic carbocycles. The largest absolute Gasteiger partial charge is 0.346 e. The van der Waals surface area contributed by atoms with E-state index in [-0.39, 0.29) is 11.8 Å². The Kier molecular flexibility index (Phi) is 4.59. The SMILES string of the molecule is CC(=O)c1cccc(NC(=O)C(=O)NC(C)C)c1. The number of Topliss-reactive ketones (excluding diaryl/α,β-unsaturated/α-hetero) is 1. The molecule has 2 amide bonds. The number of carbonyl (C=O) groups is 3. The van der Waals surface area contributed by atoms with Gasteiger partial charge in [0.25, 0.3) is 0 Å². The number of benzene rings is 1. The van der Waals surface area contributed by atoms with Crippen LogP contribution in [0.5, 0.6) is 0 Å². The van der Waals surface area contributed by atoms with Gasteiger partial charge in [-0.05, 0) is 32.9 Å². The van der Waals surface area contributed by atoms with E-state index < -0.39 is 11.8 Å². The average Bonchev–Trinajstić information content (AvgIpc) is 2.28. The van der Waals surface area contributed by atoms with Crippen LogP contribution in [0.4, 0.5) is 5.69 Å². The smallest absolute Gasteiger partial charge is 0.313 e. The number of nitrogens with one attached hydrogen (secondary N) is 2. The monoisotopic (exact) mass is 248 g/mol. The van der Waals surface area contributed by atoms with Gasteiger partial charge in [0.15, 0.2) is 5.78 Å². The summed E-state index contributed by atoms with van der Waals surface area (Å²) < 4.78 is 0. The lowest BCUT2D eigenvalue weighted by molar-refractivity contribution is -0.136. The first-order chi connectivity index (χ1) is 8.40. The van der Waals surface area contributed by atoms with Gasteiger partial charge in [-0.25, -0.2) is 0 Å². The fourth-order valence-corrected chi connectivity index (χ4v) is 1.33. The van der Waals surface area contributed by atoms with Crippen LogP contribution >= 0.6 is 0 Å². The summed E-state index contributed by atoms with van der Waals surface area (Å²) in [5.41, 5.74) is 0.906. The van der Waals surface area contributed by atoms with Crippen LogP contribution < -0.4 is 10.6 Å². The summed E-state index contributed by atoms with van der Waals surface area (Å²) in [6.07, 6.45) is 0. The standard InChI is InChI=1S/C13H16N2O3/c1-8(2)14-12(17)13(18)15-11-6-4-5-10(7-11)9(3)16/h4-8H,1-3H3,(H,14,17)(H,15,18). The minimum atomic E-state index is -0.746. The molecule has 1 aromatic rings. The van der Waals surface area contributed by atoms with E-state index in [1.54, 1.807) is 32.0 Å². The molecule has 0 aromatic heterocycles. The second-order valence-electron chi connectivity index (χ2n) is 4.22. The van der Waals surface area contributed by atoms with Gasteiger partial charge < -0.3 is 10.6 Å². The van der Waals surface area contributed by atoms with E-state index in [0.29, 0.717) is 11.3 Å². The van der Waals surface area contributed by atoms with Crippen LogP contribution in [0, 0.1) is 0 Å². The number of rotatable bonds is 3. The second kappa shape index (κ2) is 5.95. The molecular weight excluding hydrogens is 232 g/mol. The van der Waals surface area contributed by atoms with Crippen molar-refractivity contribution in [2.24, 2.45) is 0 Å². The molecule has 0 spiro atoms. The quantitative estimate of drug-likeness (QED) is 0.626. The highest BCUT2D eigenvalue weighted by molar-refractivity contribution is 6.39. The molecule has 0 atom stereocenters. The first kappa shape index (κ1) is 13.9. The molecule has 0 saturated carbocycles. The summed E-state index contributed by atoms with van der Waals surface area (Å²) in [7, 11) is 0. The Balaban J connectivity index is 2.73. The molecule has 0 saturated heterocycles. The van der Waals surface area contributed by atoms with Crippen molar-refractivity contribution in [3.05, 3.63) is 29.8 Å². The van der Waals surface area contributed by atoms with Gasteiger partial charge in [0.1, 0.15) is 0 Å². The molecule has 96 valence electrons. The minimum absolute atomic E-state index is 0.0993. The fourth-order valence-electron chi connectivity index (χ4n) is 1.33. The maximum Gasteiger partial charge on any atom is 0.313 e. The zero-order valence-electron chi connectivity index (χ0n) is 10.6. The van der Waals surface area contributed by atoms with Crippen molar-refractivity contribution in [1.82, 2.24) is 5.32 Å². The predicted molar refractivity (Wildman–Crippen MR) is 68.4 cm³/mol. The van der Waals surface area contributed by atoms with E-state index in [0.717, 1.165) is 0 Å². The highest BCUT2D eigenvalue weighted by atomic mass is 16.2. The summed E-state index contributed by atoms with van der Waals surface area (Å²) >= 11 is 0. The van der Waals surface area contributed by atoms with Gasteiger partial charge in [-0.1, -0.05) is 12.1 Å². The van der Waals surface area contributed by atoms with Gasteiger partial charge in [0, 0.05) is 17.3 Å². The van der Waals surface area contributed by atoms with E-state index >= 15 is 0 Å². The molecule has 0 heterocycles. The van der Waals surface area contributed by atoms with Crippen LogP contribution in [0.3, 0.4) is 0 Å². The second-order valence-corrected chi connectivity index (χ2v) is 4.22. The third-order valence-electron chi connectivity index (χ3n) is 2.15. The molecule has 1 aromatic carbocycles. The third kappa shape index (κ3) is 4.01. The molecule has 0 aliphatic rings. The molecule has 0 unspecified atom stereocenters. The number of ketones is 1. The van der Waals surface area contributed by atoms with E-state index in [2.05, 4.69) is 10.6 Å². The van der Waals surface area contributed by atoms with Gasteiger partial charge in [-0.2, -0.15) is 0 Å². The Bertz CT molecular complexity index is 481. The first-order valence-electron chi connectivity index (χ1n) is 5.63. The number of hydrogen-bond donors (Lipinski definition) is 2. The van der Waals surface area contributed by atoms with Crippen molar-refractivity contribution in [1.29, 1.82) is 0 Å². The molecule has 5 heteroatoms. The molecule has 0 radical (unpaired) electrons. The zero-order valence-corrected chi connectivity index (χ0v) is 10.6. The van der Waals surface area contributed by atoms with Crippen molar-refractivity contribution in [2.75, 3.05) is 5.32 Å². The maximum absolute atomic E-state index is 11.5. The van der Waals surface area contributed by atoms with Crippen LogP contribution in [0.2, 0.25) is 0 Å². The Hall–Kier alpha value is -2.17. The summed E-state index contributed by atoms with van der Waals surface area (Å²) in [5, 5.41) is 4.92. The fraction of sp³-hybridized carbons (Fsp3) is 0.308. The molecule has 0 bridgehead atoms. The minimum Gasteiger partial charge on any atom is -0.346 e. The molecule has 0 aliphatic heterocycles. The number of hydrogen-bond acceptors (Lipinski definition) is 3. The molecule has 18 heavy (non-hydrogen) atoms. The summed E-state index contributed by atoms with van der Waals surface area (Å²) in [5.74, 6) is -1.54.